The van der Waals surface area contributed by atoms with E-state index in [1.807, 2.05) is 0 Å². The Hall–Kier alpha value is -1.58. The molecular weight excluding hydrogens is 269 g/mol. The summed E-state index contributed by atoms with van der Waals surface area (Å²) in [4.78, 5) is 2.55. The van der Waals surface area contributed by atoms with Crippen LogP contribution in [-0.2, 0) is 10.3 Å². The second-order valence-electron chi connectivity index (χ2n) is 6.70. The van der Waals surface area contributed by atoms with Crippen LogP contribution in [0.4, 0.5) is 0 Å². The summed E-state index contributed by atoms with van der Waals surface area (Å²) in [5, 5.41) is 0. The summed E-state index contributed by atoms with van der Waals surface area (Å²) in [6.07, 6.45) is 2.41. The molecule has 0 spiro atoms. The van der Waals surface area contributed by atoms with Crippen molar-refractivity contribution >= 4 is 7.05 Å². The zero-order valence-corrected chi connectivity index (χ0v) is 13.3. The normalized spacial score (nSPS) is 27.1. The van der Waals surface area contributed by atoms with Gasteiger partial charge < -0.3 is 9.47 Å². The summed E-state index contributed by atoms with van der Waals surface area (Å²) in [5.74, 6) is 0. The van der Waals surface area contributed by atoms with Crippen LogP contribution >= 0.6 is 0 Å². The molecule has 1 atom stereocenters. The van der Waals surface area contributed by atoms with Crippen LogP contribution in [0.15, 0.2) is 60.7 Å². The van der Waals surface area contributed by atoms with Gasteiger partial charge in [0.1, 0.15) is 5.60 Å². The summed E-state index contributed by atoms with van der Waals surface area (Å²) >= 11 is 0. The molecular formula is C19H22BNO. The van der Waals surface area contributed by atoms with Crippen molar-refractivity contribution < 1.29 is 4.65 Å². The van der Waals surface area contributed by atoms with E-state index in [1.165, 1.54) is 24.0 Å². The highest BCUT2D eigenvalue weighted by Gasteiger charge is 2.64. The Bertz CT molecular complexity index is 620. The van der Waals surface area contributed by atoms with Gasteiger partial charge in [0.2, 0.25) is 0 Å². The van der Waals surface area contributed by atoms with Crippen molar-refractivity contribution in [2.24, 2.45) is 0 Å². The van der Waals surface area contributed by atoms with Gasteiger partial charge in [0.05, 0.1) is 0 Å². The van der Waals surface area contributed by atoms with Gasteiger partial charge in [-0.15, -0.1) is 0 Å². The molecule has 0 N–H and O–H groups in total. The van der Waals surface area contributed by atoms with E-state index in [0.717, 1.165) is 6.54 Å². The molecule has 0 radical (unpaired) electrons. The molecule has 2 heterocycles. The summed E-state index contributed by atoms with van der Waals surface area (Å²) in [6, 6.07) is 21.5. The molecule has 2 aromatic carbocycles. The fourth-order valence-electron chi connectivity index (χ4n) is 4.66. The lowest BCUT2D eigenvalue weighted by molar-refractivity contribution is 0.0465. The van der Waals surface area contributed by atoms with E-state index in [4.69, 9.17) is 4.65 Å². The van der Waals surface area contributed by atoms with Gasteiger partial charge in [-0.25, -0.2) is 0 Å². The monoisotopic (exact) mass is 291 g/mol. The second-order valence-corrected chi connectivity index (χ2v) is 6.70. The number of hydrogen-bond donors (Lipinski definition) is 0. The van der Waals surface area contributed by atoms with Crippen molar-refractivity contribution in [2.75, 3.05) is 6.54 Å². The Kier molecular flexibility index (Phi) is 3.17. The van der Waals surface area contributed by atoms with Crippen molar-refractivity contribution in [1.29, 1.82) is 0 Å². The third-order valence-corrected chi connectivity index (χ3v) is 5.60. The molecule has 0 aromatic heterocycles. The van der Waals surface area contributed by atoms with Crippen LogP contribution in [0.5, 0.6) is 0 Å². The first-order valence-corrected chi connectivity index (χ1v) is 8.24. The second kappa shape index (κ2) is 4.97. The predicted molar refractivity (Wildman–Crippen MR) is 90.7 cm³/mol. The topological polar surface area (TPSA) is 12.5 Å². The van der Waals surface area contributed by atoms with E-state index < -0.39 is 0 Å². The number of rotatable bonds is 2. The Morgan fingerprint density at radius 3 is 2.05 bits per heavy atom. The molecule has 22 heavy (non-hydrogen) atoms. The van der Waals surface area contributed by atoms with Crippen LogP contribution in [0.3, 0.4) is 0 Å². The molecule has 1 unspecified atom stereocenters. The van der Waals surface area contributed by atoms with Gasteiger partial charge in [-0.1, -0.05) is 60.7 Å². The maximum absolute atomic E-state index is 6.72. The lowest BCUT2D eigenvalue weighted by Crippen LogP contribution is -2.52. The highest BCUT2D eigenvalue weighted by Crippen LogP contribution is 2.55. The lowest BCUT2D eigenvalue weighted by atomic mass is 9.70. The molecule has 112 valence electrons. The summed E-state index contributed by atoms with van der Waals surface area (Å²) in [6.45, 7) is 5.69. The molecule has 0 bridgehead atoms. The van der Waals surface area contributed by atoms with E-state index >= 15 is 0 Å². The van der Waals surface area contributed by atoms with Crippen molar-refractivity contribution in [3.8, 4) is 0 Å². The van der Waals surface area contributed by atoms with Crippen LogP contribution in [0.25, 0.3) is 0 Å². The number of benzene rings is 2. The molecule has 3 heteroatoms. The van der Waals surface area contributed by atoms with E-state index in [9.17, 15) is 0 Å². The average molecular weight is 291 g/mol. The van der Waals surface area contributed by atoms with Crippen LogP contribution in [0.1, 0.15) is 30.9 Å². The maximum atomic E-state index is 6.72. The van der Waals surface area contributed by atoms with Gasteiger partial charge in [0.25, 0.3) is 0 Å². The number of hydrogen-bond acceptors (Lipinski definition) is 2. The third-order valence-electron chi connectivity index (χ3n) is 5.60. The van der Waals surface area contributed by atoms with Crippen LogP contribution < -0.4 is 0 Å². The Morgan fingerprint density at radius 2 is 1.50 bits per heavy atom. The van der Waals surface area contributed by atoms with Crippen LogP contribution in [0, 0.1) is 0 Å². The molecule has 0 amide bonds. The van der Waals surface area contributed by atoms with E-state index in [-0.39, 0.29) is 18.2 Å². The van der Waals surface area contributed by atoms with Crippen LogP contribution in [-0.4, -0.2) is 23.9 Å². The zero-order valence-electron chi connectivity index (χ0n) is 13.3. The van der Waals surface area contributed by atoms with Gasteiger partial charge in [0, 0.05) is 5.54 Å². The molecule has 2 aromatic rings. The minimum atomic E-state index is -0.383. The van der Waals surface area contributed by atoms with Crippen molar-refractivity contribution in [2.45, 2.75) is 37.7 Å². The van der Waals surface area contributed by atoms with Gasteiger partial charge in [-0.2, -0.15) is 0 Å². The molecule has 0 aliphatic carbocycles. The minimum Gasteiger partial charge on any atom is -0.406 e. The van der Waals surface area contributed by atoms with Gasteiger partial charge in [-0.05, 0) is 44.3 Å². The van der Waals surface area contributed by atoms with Crippen molar-refractivity contribution in [3.05, 3.63) is 71.8 Å². The number of fused-ring (bicyclic) bond motifs is 1. The summed E-state index contributed by atoms with van der Waals surface area (Å²) < 4.78 is 6.72. The SMILES string of the molecule is CB1OC(c2ccccc2)(c2ccccc2)C2(C)CCCN12. The minimum absolute atomic E-state index is 0.00905. The highest BCUT2D eigenvalue weighted by molar-refractivity contribution is 6.48. The van der Waals surface area contributed by atoms with Crippen molar-refractivity contribution in [3.63, 3.8) is 0 Å². The highest BCUT2D eigenvalue weighted by atomic mass is 16.5. The molecule has 2 saturated heterocycles. The van der Waals surface area contributed by atoms with Gasteiger partial charge >= 0.3 is 7.05 Å². The molecule has 4 rings (SSSR count). The smallest absolute Gasteiger partial charge is 0.380 e. The summed E-state index contributed by atoms with van der Waals surface area (Å²) in [7, 11) is 0.146. The number of nitrogens with zero attached hydrogens (tertiary/aromatic N) is 1. The first-order chi connectivity index (χ1) is 10.7. The molecule has 2 fully saturated rings. The maximum Gasteiger partial charge on any atom is 0.380 e. The van der Waals surface area contributed by atoms with Gasteiger partial charge in [0.15, 0.2) is 0 Å². The van der Waals surface area contributed by atoms with Crippen molar-refractivity contribution in [1.82, 2.24) is 4.81 Å². The Labute approximate surface area is 133 Å². The average Bonchev–Trinajstić information content (AvgIpc) is 3.05. The molecule has 2 aliphatic rings. The quantitative estimate of drug-likeness (QED) is 0.777. The predicted octanol–water partition coefficient (Wildman–Crippen LogP) is 3.93. The fourth-order valence-corrected chi connectivity index (χ4v) is 4.66. The standard InChI is InChI=1S/C19H22BNO/c1-18-14-9-15-21(18)20(2)22-19(18,16-10-5-3-6-11-16)17-12-7-4-8-13-17/h3-8,10-13H,9,14-15H2,1-2H3. The van der Waals surface area contributed by atoms with E-state index in [1.54, 1.807) is 0 Å². The molecule has 2 nitrogen and oxygen atoms in total. The fraction of sp³-hybridized carbons (Fsp3) is 0.368. The Balaban J connectivity index is 1.98. The third kappa shape index (κ3) is 1.70. The van der Waals surface area contributed by atoms with Crippen LogP contribution in [0.2, 0.25) is 6.82 Å². The largest absolute Gasteiger partial charge is 0.406 e. The van der Waals surface area contributed by atoms with E-state index in [2.05, 4.69) is 79.2 Å². The summed E-state index contributed by atoms with van der Waals surface area (Å²) in [5.41, 5.74) is 2.15. The molecule has 2 aliphatic heterocycles. The molecule has 0 saturated carbocycles. The van der Waals surface area contributed by atoms with E-state index in [0.29, 0.717) is 0 Å². The zero-order chi connectivity index (χ0) is 15.2. The van der Waals surface area contributed by atoms with Gasteiger partial charge in [-0.3, -0.25) is 0 Å². The Morgan fingerprint density at radius 1 is 0.955 bits per heavy atom. The first kappa shape index (κ1) is 14.0. The lowest BCUT2D eigenvalue weighted by Gasteiger charge is -2.44. The first-order valence-electron chi connectivity index (χ1n) is 8.24.